The van der Waals surface area contributed by atoms with Gasteiger partial charge in [0.2, 0.25) is 12.3 Å². The van der Waals surface area contributed by atoms with Gasteiger partial charge in [0.25, 0.3) is 5.91 Å². The second kappa shape index (κ2) is 10.6. The molecule has 4 amide bonds. The van der Waals surface area contributed by atoms with Gasteiger partial charge in [-0.15, -0.1) is 0 Å². The lowest BCUT2D eigenvalue weighted by Gasteiger charge is -2.31. The van der Waals surface area contributed by atoms with Crippen molar-refractivity contribution in [1.29, 1.82) is 0 Å². The van der Waals surface area contributed by atoms with Gasteiger partial charge >= 0.3 is 6.09 Å². The molecule has 0 aromatic heterocycles. The average molecular weight is 474 g/mol. The summed E-state index contributed by atoms with van der Waals surface area (Å²) in [4.78, 5) is 50.5. The molecule has 1 unspecified atom stereocenters. The predicted molar refractivity (Wildman–Crippen MR) is 111 cm³/mol. The van der Waals surface area contributed by atoms with Crippen LogP contribution in [0, 0.1) is 11.8 Å². The van der Waals surface area contributed by atoms with Crippen molar-refractivity contribution in [3.63, 3.8) is 0 Å². The highest BCUT2D eigenvalue weighted by atomic mass is 32.2. The molecule has 2 aliphatic heterocycles. The van der Waals surface area contributed by atoms with Gasteiger partial charge in [-0.2, -0.15) is 0 Å². The quantitative estimate of drug-likeness (QED) is 0.308. The molecule has 12 heteroatoms. The molecule has 32 heavy (non-hydrogen) atoms. The number of nitrogens with zero attached hydrogens (tertiary/aromatic N) is 2. The van der Waals surface area contributed by atoms with Crippen molar-refractivity contribution in [3.8, 4) is 0 Å². The Kier molecular flexibility index (Phi) is 8.10. The van der Waals surface area contributed by atoms with Crippen molar-refractivity contribution in [2.75, 3.05) is 24.6 Å². The average Bonchev–Trinajstić information content (AvgIpc) is 3.45. The number of hydroxylamine groups is 2. The van der Waals surface area contributed by atoms with E-state index in [1.807, 2.05) is 0 Å². The number of alkyl carbamates (subject to hydrolysis) is 1. The normalized spacial score (nSPS) is 24.7. The first-order chi connectivity index (χ1) is 15.2. The topological polar surface area (TPSA) is 150 Å². The van der Waals surface area contributed by atoms with Gasteiger partial charge in [-0.25, -0.2) is 18.3 Å². The van der Waals surface area contributed by atoms with Crippen LogP contribution in [0.25, 0.3) is 0 Å². The molecular formula is C20H31N3O8S. The third kappa shape index (κ3) is 6.18. The van der Waals surface area contributed by atoms with Crippen molar-refractivity contribution in [2.24, 2.45) is 11.8 Å². The van der Waals surface area contributed by atoms with E-state index in [0.717, 1.165) is 25.7 Å². The van der Waals surface area contributed by atoms with Crippen molar-refractivity contribution >= 4 is 34.2 Å². The SMILES string of the molecule is O=CN(O)CC(C(=O)N1CCC[C@H]1C(=O)NC(=O)OC1CCS(=O)(=O)CC1)C1CCCC1. The Morgan fingerprint density at radius 3 is 2.38 bits per heavy atom. The van der Waals surface area contributed by atoms with E-state index in [1.165, 1.54) is 4.90 Å². The Balaban J connectivity index is 1.59. The molecule has 0 aromatic rings. The monoisotopic (exact) mass is 473 g/mol. The Hall–Kier alpha value is -2.21. The standard InChI is InChI=1S/C20H31N3O8S/c24-13-22(28)12-16(14-4-1-2-5-14)19(26)23-9-3-6-17(23)18(25)21-20(27)31-15-7-10-32(29,30)11-8-15/h13-17,28H,1-12H2,(H,21,25,27)/t16?,17-/m0/s1. The van der Waals surface area contributed by atoms with E-state index >= 15 is 0 Å². The molecule has 3 rings (SSSR count). The predicted octanol–water partition coefficient (Wildman–Crippen LogP) is 0.461. The second-order valence-corrected chi connectivity index (χ2v) is 11.1. The lowest BCUT2D eigenvalue weighted by atomic mass is 9.89. The Labute approximate surface area is 187 Å². The first-order valence-electron chi connectivity index (χ1n) is 11.1. The molecule has 3 aliphatic rings. The van der Waals surface area contributed by atoms with Gasteiger partial charge in [0.1, 0.15) is 12.1 Å². The third-order valence-corrected chi connectivity index (χ3v) is 8.35. The van der Waals surface area contributed by atoms with Crippen LogP contribution in [0.5, 0.6) is 0 Å². The number of ether oxygens (including phenoxy) is 1. The number of nitrogens with one attached hydrogen (secondary N) is 1. The third-order valence-electron chi connectivity index (χ3n) is 6.63. The molecule has 2 saturated heterocycles. The number of carbonyl (C=O) groups is 4. The van der Waals surface area contributed by atoms with Gasteiger partial charge in [-0.05, 0) is 44.4 Å². The first kappa shape index (κ1) is 24.4. The number of imide groups is 1. The molecule has 0 spiro atoms. The largest absolute Gasteiger partial charge is 0.446 e. The van der Waals surface area contributed by atoms with Crippen LogP contribution in [0.2, 0.25) is 0 Å². The Morgan fingerprint density at radius 2 is 1.75 bits per heavy atom. The summed E-state index contributed by atoms with van der Waals surface area (Å²) >= 11 is 0. The van der Waals surface area contributed by atoms with Gasteiger partial charge in [-0.3, -0.25) is 24.9 Å². The maximum Gasteiger partial charge on any atom is 0.414 e. The van der Waals surface area contributed by atoms with Crippen LogP contribution in [-0.4, -0.2) is 84.6 Å². The van der Waals surface area contributed by atoms with Crippen LogP contribution in [0.1, 0.15) is 51.4 Å². The first-order valence-corrected chi connectivity index (χ1v) is 13.0. The van der Waals surface area contributed by atoms with E-state index in [1.54, 1.807) is 0 Å². The molecule has 11 nitrogen and oxygen atoms in total. The van der Waals surface area contributed by atoms with Gasteiger partial charge in [0.05, 0.1) is 24.0 Å². The molecule has 3 fully saturated rings. The maximum atomic E-state index is 13.3. The zero-order chi connectivity index (χ0) is 23.3. The molecule has 1 saturated carbocycles. The van der Waals surface area contributed by atoms with Crippen molar-refractivity contribution in [1.82, 2.24) is 15.3 Å². The molecule has 180 valence electrons. The molecular weight excluding hydrogens is 442 g/mol. The summed E-state index contributed by atoms with van der Waals surface area (Å²) in [5, 5.41) is 12.3. The van der Waals surface area contributed by atoms with Crippen molar-refractivity contribution in [3.05, 3.63) is 0 Å². The lowest BCUT2D eigenvalue weighted by Crippen LogP contribution is -2.51. The number of likely N-dealkylation sites (tertiary alicyclic amines) is 1. The molecule has 0 radical (unpaired) electrons. The summed E-state index contributed by atoms with van der Waals surface area (Å²) in [6, 6.07) is -0.839. The summed E-state index contributed by atoms with van der Waals surface area (Å²) in [6.07, 6.45) is 3.67. The fourth-order valence-electron chi connectivity index (χ4n) is 4.90. The summed E-state index contributed by atoms with van der Waals surface area (Å²) in [7, 11) is -3.10. The van der Waals surface area contributed by atoms with E-state index in [-0.39, 0.29) is 49.1 Å². The lowest BCUT2D eigenvalue weighted by molar-refractivity contribution is -0.159. The zero-order valence-corrected chi connectivity index (χ0v) is 18.8. The number of amides is 4. The molecule has 2 atom stereocenters. The molecule has 2 N–H and O–H groups in total. The molecule has 1 aliphatic carbocycles. The molecule has 0 aromatic carbocycles. The van der Waals surface area contributed by atoms with Gasteiger partial charge in [-0.1, -0.05) is 12.8 Å². The van der Waals surface area contributed by atoms with Crippen LogP contribution in [0.3, 0.4) is 0 Å². The highest BCUT2D eigenvalue weighted by Crippen LogP contribution is 2.34. The van der Waals surface area contributed by atoms with Crippen LogP contribution >= 0.6 is 0 Å². The molecule has 2 heterocycles. The van der Waals surface area contributed by atoms with Crippen molar-refractivity contribution in [2.45, 2.75) is 63.5 Å². The number of carbonyl (C=O) groups excluding carboxylic acids is 4. The maximum absolute atomic E-state index is 13.3. The smallest absolute Gasteiger partial charge is 0.414 e. The number of rotatable bonds is 7. The van der Waals surface area contributed by atoms with Crippen LogP contribution in [-0.2, 0) is 29.0 Å². The van der Waals surface area contributed by atoms with E-state index in [2.05, 4.69) is 5.32 Å². The zero-order valence-electron chi connectivity index (χ0n) is 18.0. The summed E-state index contributed by atoms with van der Waals surface area (Å²) in [6.45, 7) is 0.215. The van der Waals surface area contributed by atoms with Crippen LogP contribution < -0.4 is 5.32 Å². The Bertz CT molecular complexity index is 813. The van der Waals surface area contributed by atoms with E-state index < -0.39 is 39.9 Å². The van der Waals surface area contributed by atoms with Gasteiger partial charge in [0, 0.05) is 6.54 Å². The van der Waals surface area contributed by atoms with E-state index in [4.69, 9.17) is 4.74 Å². The van der Waals surface area contributed by atoms with E-state index in [0.29, 0.717) is 24.4 Å². The molecule has 0 bridgehead atoms. The highest BCUT2D eigenvalue weighted by Gasteiger charge is 2.41. The second-order valence-electron chi connectivity index (χ2n) is 8.81. The fraction of sp³-hybridized carbons (Fsp3) is 0.800. The number of sulfone groups is 1. The minimum atomic E-state index is -3.10. The summed E-state index contributed by atoms with van der Waals surface area (Å²) in [5.41, 5.74) is 0. The summed E-state index contributed by atoms with van der Waals surface area (Å²) in [5.74, 6) is -1.66. The van der Waals surface area contributed by atoms with Crippen LogP contribution in [0.4, 0.5) is 4.79 Å². The van der Waals surface area contributed by atoms with Gasteiger partial charge < -0.3 is 9.64 Å². The Morgan fingerprint density at radius 1 is 1.09 bits per heavy atom. The summed E-state index contributed by atoms with van der Waals surface area (Å²) < 4.78 is 28.2. The van der Waals surface area contributed by atoms with Crippen molar-refractivity contribution < 1.29 is 37.5 Å². The van der Waals surface area contributed by atoms with E-state index in [9.17, 15) is 32.8 Å². The van der Waals surface area contributed by atoms with Crippen LogP contribution in [0.15, 0.2) is 0 Å². The minimum Gasteiger partial charge on any atom is -0.446 e. The minimum absolute atomic E-state index is 0.0222. The number of hydrogen-bond donors (Lipinski definition) is 2. The fourth-order valence-corrected chi connectivity index (χ4v) is 6.35. The van der Waals surface area contributed by atoms with Gasteiger partial charge in [0.15, 0.2) is 9.84 Å². The highest BCUT2D eigenvalue weighted by molar-refractivity contribution is 7.91. The number of hydrogen-bond acceptors (Lipinski definition) is 8.